The first kappa shape index (κ1) is 18.8. The Hall–Kier alpha value is -1.26. The Kier molecular flexibility index (Phi) is 7.69. The van der Waals surface area contributed by atoms with Crippen molar-refractivity contribution in [3.63, 3.8) is 0 Å². The van der Waals surface area contributed by atoms with Gasteiger partial charge in [0.15, 0.2) is 0 Å². The van der Waals surface area contributed by atoms with Crippen molar-refractivity contribution >= 4 is 18.3 Å². The largest absolute Gasteiger partial charge is 0.494 e. The molecule has 1 fully saturated rings. The van der Waals surface area contributed by atoms with E-state index in [0.29, 0.717) is 12.1 Å². The van der Waals surface area contributed by atoms with Crippen LogP contribution in [0.3, 0.4) is 0 Å². The molecule has 1 aromatic carbocycles. The second-order valence-corrected chi connectivity index (χ2v) is 5.87. The molecule has 2 rings (SSSR count). The Labute approximate surface area is 139 Å². The Morgan fingerprint density at radius 2 is 1.91 bits per heavy atom. The zero-order chi connectivity index (χ0) is 15.1. The molecular weight excluding hydrogens is 300 g/mol. The molecule has 1 aromatic rings. The van der Waals surface area contributed by atoms with Gasteiger partial charge < -0.3 is 15.8 Å². The third-order valence-electron chi connectivity index (χ3n) is 4.21. The highest BCUT2D eigenvalue weighted by molar-refractivity contribution is 5.94. The van der Waals surface area contributed by atoms with Crippen LogP contribution in [0.1, 0.15) is 55.8 Å². The number of carbonyl (C=O) groups is 1. The van der Waals surface area contributed by atoms with Crippen LogP contribution in [0.4, 0.5) is 0 Å². The number of nitrogens with one attached hydrogen (secondary N) is 1. The minimum absolute atomic E-state index is 0. The van der Waals surface area contributed by atoms with Gasteiger partial charge in [-0.2, -0.15) is 0 Å². The molecule has 1 aliphatic carbocycles. The van der Waals surface area contributed by atoms with E-state index < -0.39 is 0 Å². The summed E-state index contributed by atoms with van der Waals surface area (Å²) in [4.78, 5) is 12.3. The average molecular weight is 327 g/mol. The predicted molar refractivity (Wildman–Crippen MR) is 91.8 cm³/mol. The lowest BCUT2D eigenvalue weighted by molar-refractivity contribution is 0.0903. The molecule has 5 heteroatoms. The van der Waals surface area contributed by atoms with Crippen LogP contribution in [-0.2, 0) is 0 Å². The first-order valence-corrected chi connectivity index (χ1v) is 7.94. The molecule has 0 bridgehead atoms. The van der Waals surface area contributed by atoms with Crippen LogP contribution in [0.15, 0.2) is 24.3 Å². The molecule has 0 aliphatic heterocycles. The fraction of sp³-hybridized carbons (Fsp3) is 0.588. The maximum absolute atomic E-state index is 12.3. The summed E-state index contributed by atoms with van der Waals surface area (Å²) in [7, 11) is 0. The van der Waals surface area contributed by atoms with E-state index in [1.807, 2.05) is 24.3 Å². The van der Waals surface area contributed by atoms with Gasteiger partial charge in [-0.1, -0.05) is 26.2 Å². The van der Waals surface area contributed by atoms with Crippen molar-refractivity contribution in [1.82, 2.24) is 5.32 Å². The predicted octanol–water partition coefficient (Wildman–Crippen LogP) is 3.29. The average Bonchev–Trinajstić information content (AvgIpc) is 2.97. The van der Waals surface area contributed by atoms with Crippen LogP contribution in [-0.4, -0.2) is 24.6 Å². The van der Waals surface area contributed by atoms with E-state index in [-0.39, 0.29) is 23.9 Å². The van der Waals surface area contributed by atoms with E-state index in [1.54, 1.807) is 0 Å². The number of ether oxygens (including phenoxy) is 1. The maximum atomic E-state index is 12.3. The van der Waals surface area contributed by atoms with Gasteiger partial charge in [-0.05, 0) is 43.5 Å². The van der Waals surface area contributed by atoms with Crippen molar-refractivity contribution in [1.29, 1.82) is 0 Å². The Bertz CT molecular complexity index is 456. The normalized spacial score (nSPS) is 15.9. The summed E-state index contributed by atoms with van der Waals surface area (Å²) in [5.41, 5.74) is 6.32. The van der Waals surface area contributed by atoms with Gasteiger partial charge in [-0.15, -0.1) is 12.4 Å². The monoisotopic (exact) mass is 326 g/mol. The van der Waals surface area contributed by atoms with Gasteiger partial charge in [0.05, 0.1) is 12.1 Å². The van der Waals surface area contributed by atoms with Crippen LogP contribution < -0.4 is 15.8 Å². The highest BCUT2D eigenvalue weighted by atomic mass is 35.5. The molecule has 1 amide bonds. The summed E-state index contributed by atoms with van der Waals surface area (Å²) in [6.45, 7) is 3.36. The molecule has 1 saturated carbocycles. The molecule has 22 heavy (non-hydrogen) atoms. The number of hydrogen-bond donors (Lipinski definition) is 2. The first-order valence-electron chi connectivity index (χ1n) is 7.94. The van der Waals surface area contributed by atoms with E-state index in [4.69, 9.17) is 10.5 Å². The van der Waals surface area contributed by atoms with Crippen molar-refractivity contribution in [2.24, 2.45) is 5.73 Å². The lowest BCUT2D eigenvalue weighted by Crippen LogP contribution is -2.51. The number of halogens is 1. The number of nitrogens with two attached hydrogens (primary N) is 1. The van der Waals surface area contributed by atoms with Crippen molar-refractivity contribution < 1.29 is 9.53 Å². The molecule has 1 aliphatic rings. The molecule has 0 heterocycles. The highest BCUT2D eigenvalue weighted by Gasteiger charge is 2.33. The van der Waals surface area contributed by atoms with E-state index in [2.05, 4.69) is 12.2 Å². The fourth-order valence-electron chi connectivity index (χ4n) is 2.78. The molecule has 124 valence electrons. The standard InChI is InChI=1S/C17H26N2O2.ClH/c1-2-3-12-21-15-8-6-14(7-9-15)16(20)19-17(13-18)10-4-5-11-17;/h6-9H,2-5,10-13,18H2,1H3,(H,19,20);1H. The number of unbranched alkanes of at least 4 members (excludes halogenated alkanes) is 1. The third-order valence-corrected chi connectivity index (χ3v) is 4.21. The second-order valence-electron chi connectivity index (χ2n) is 5.87. The van der Waals surface area contributed by atoms with E-state index in [0.717, 1.165) is 50.9 Å². The molecule has 0 aromatic heterocycles. The minimum atomic E-state index is -0.201. The SMILES string of the molecule is CCCCOc1ccc(C(=O)NC2(CN)CCCC2)cc1.Cl. The summed E-state index contributed by atoms with van der Waals surface area (Å²) in [5.74, 6) is 0.775. The van der Waals surface area contributed by atoms with Gasteiger partial charge in [0.25, 0.3) is 5.91 Å². The molecule has 0 radical (unpaired) electrons. The van der Waals surface area contributed by atoms with Gasteiger partial charge in [0.1, 0.15) is 5.75 Å². The molecule has 3 N–H and O–H groups in total. The summed E-state index contributed by atoms with van der Waals surface area (Å²) in [6.07, 6.45) is 6.40. The summed E-state index contributed by atoms with van der Waals surface area (Å²) in [6, 6.07) is 7.34. The second kappa shape index (κ2) is 9.01. The van der Waals surface area contributed by atoms with Gasteiger partial charge in [-0.25, -0.2) is 0 Å². The topological polar surface area (TPSA) is 64.3 Å². The van der Waals surface area contributed by atoms with E-state index in [1.165, 1.54) is 0 Å². The zero-order valence-corrected chi connectivity index (χ0v) is 14.1. The van der Waals surface area contributed by atoms with Gasteiger partial charge in [0.2, 0.25) is 0 Å². The van der Waals surface area contributed by atoms with Crippen LogP contribution >= 0.6 is 12.4 Å². The molecule has 4 nitrogen and oxygen atoms in total. The maximum Gasteiger partial charge on any atom is 0.251 e. The van der Waals surface area contributed by atoms with Gasteiger partial charge in [-0.3, -0.25) is 4.79 Å². The summed E-state index contributed by atoms with van der Waals surface area (Å²) in [5, 5.41) is 3.13. The van der Waals surface area contributed by atoms with Crippen molar-refractivity contribution in [3.8, 4) is 5.75 Å². The summed E-state index contributed by atoms with van der Waals surface area (Å²) >= 11 is 0. The lowest BCUT2D eigenvalue weighted by Gasteiger charge is -2.28. The number of rotatable bonds is 7. The lowest BCUT2D eigenvalue weighted by atomic mass is 9.97. The van der Waals surface area contributed by atoms with Crippen LogP contribution in [0.25, 0.3) is 0 Å². The zero-order valence-electron chi connectivity index (χ0n) is 13.3. The molecule has 0 atom stereocenters. The first-order chi connectivity index (χ1) is 10.2. The molecule has 0 saturated heterocycles. The fourth-order valence-corrected chi connectivity index (χ4v) is 2.78. The minimum Gasteiger partial charge on any atom is -0.494 e. The molecular formula is C17H27ClN2O2. The molecule has 0 spiro atoms. The number of carbonyl (C=O) groups excluding carboxylic acids is 1. The van der Waals surface area contributed by atoms with Gasteiger partial charge >= 0.3 is 0 Å². The quantitative estimate of drug-likeness (QED) is 0.756. The van der Waals surface area contributed by atoms with Crippen molar-refractivity contribution in [2.75, 3.05) is 13.2 Å². The number of amides is 1. The van der Waals surface area contributed by atoms with Crippen LogP contribution in [0, 0.1) is 0 Å². The highest BCUT2D eigenvalue weighted by Crippen LogP contribution is 2.29. The van der Waals surface area contributed by atoms with E-state index in [9.17, 15) is 4.79 Å². The smallest absolute Gasteiger partial charge is 0.251 e. The van der Waals surface area contributed by atoms with Crippen LogP contribution in [0.5, 0.6) is 5.75 Å². The van der Waals surface area contributed by atoms with Gasteiger partial charge in [0, 0.05) is 12.1 Å². The summed E-state index contributed by atoms with van der Waals surface area (Å²) < 4.78 is 5.60. The number of benzene rings is 1. The van der Waals surface area contributed by atoms with Crippen molar-refractivity contribution in [3.05, 3.63) is 29.8 Å². The Morgan fingerprint density at radius 1 is 1.27 bits per heavy atom. The van der Waals surface area contributed by atoms with E-state index >= 15 is 0 Å². The molecule has 0 unspecified atom stereocenters. The Morgan fingerprint density at radius 3 is 2.45 bits per heavy atom. The van der Waals surface area contributed by atoms with Crippen molar-refractivity contribution in [2.45, 2.75) is 51.0 Å². The number of hydrogen-bond acceptors (Lipinski definition) is 3. The third kappa shape index (κ3) is 4.89. The van der Waals surface area contributed by atoms with Crippen LogP contribution in [0.2, 0.25) is 0 Å². The Balaban J connectivity index is 0.00000242.